The normalized spacial score (nSPS) is 23.0. The van der Waals surface area contributed by atoms with Crippen LogP contribution in [0.25, 0.3) is 16.8 Å². The van der Waals surface area contributed by atoms with Crippen molar-refractivity contribution in [1.29, 1.82) is 0 Å². The molecule has 2 aliphatic carbocycles. The zero-order chi connectivity index (χ0) is 24.0. The quantitative estimate of drug-likeness (QED) is 0.404. The summed E-state index contributed by atoms with van der Waals surface area (Å²) in [6.07, 6.45) is 9.09. The van der Waals surface area contributed by atoms with Crippen molar-refractivity contribution in [3.8, 4) is 22.8 Å². The van der Waals surface area contributed by atoms with Gasteiger partial charge in [0.1, 0.15) is 34.4 Å². The Balaban J connectivity index is 1.37. The average molecular weight is 468 g/mol. The third kappa shape index (κ3) is 3.62. The monoisotopic (exact) mass is 467 g/mol. The van der Waals surface area contributed by atoms with Crippen LogP contribution >= 0.6 is 0 Å². The summed E-state index contributed by atoms with van der Waals surface area (Å²) in [6.45, 7) is 1.91. The first-order chi connectivity index (χ1) is 17.0. The van der Waals surface area contributed by atoms with Gasteiger partial charge in [0.05, 0.1) is 0 Å². The van der Waals surface area contributed by atoms with Crippen molar-refractivity contribution in [2.45, 2.75) is 56.4 Å². The van der Waals surface area contributed by atoms with E-state index in [2.05, 4.69) is 14.7 Å². The molecule has 7 heteroatoms. The summed E-state index contributed by atoms with van der Waals surface area (Å²) in [5, 5.41) is 3.33. The second kappa shape index (κ2) is 8.12. The minimum atomic E-state index is -0.117. The van der Waals surface area contributed by atoms with Crippen molar-refractivity contribution in [1.82, 2.24) is 19.7 Å². The predicted molar refractivity (Wildman–Crippen MR) is 135 cm³/mol. The molecule has 2 heterocycles. The van der Waals surface area contributed by atoms with Crippen LogP contribution in [0.3, 0.4) is 0 Å². The van der Waals surface area contributed by atoms with Crippen LogP contribution in [0, 0.1) is 0 Å². The number of nitrogens with one attached hydrogen (secondary N) is 1. The molecule has 4 aromatic rings. The SMILES string of the molecule is CCC(=O)NC12CCC(c3nc(-c4ccc(Oc5ccccc5)cc4)c4c(N)nccn34)(CC1)C2. The van der Waals surface area contributed by atoms with E-state index in [9.17, 15) is 4.79 Å². The largest absolute Gasteiger partial charge is 0.457 e. The average Bonchev–Trinajstić information content (AvgIpc) is 3.56. The fourth-order valence-corrected chi connectivity index (χ4v) is 6.01. The van der Waals surface area contributed by atoms with Gasteiger partial charge in [-0.1, -0.05) is 25.1 Å². The lowest BCUT2D eigenvalue weighted by Crippen LogP contribution is -2.44. The third-order valence-electron chi connectivity index (χ3n) is 7.73. The van der Waals surface area contributed by atoms with E-state index >= 15 is 0 Å². The summed E-state index contributed by atoms with van der Waals surface area (Å²) >= 11 is 0. The molecule has 7 nitrogen and oxygen atoms in total. The summed E-state index contributed by atoms with van der Waals surface area (Å²) in [7, 11) is 0. The molecule has 2 fully saturated rings. The number of nitrogens with two attached hydrogens (primary N) is 1. The lowest BCUT2D eigenvalue weighted by molar-refractivity contribution is -0.122. The molecule has 0 atom stereocenters. The molecule has 2 bridgehead atoms. The molecule has 178 valence electrons. The summed E-state index contributed by atoms with van der Waals surface area (Å²) in [6, 6.07) is 17.7. The molecule has 2 aromatic carbocycles. The lowest BCUT2D eigenvalue weighted by atomic mass is 9.83. The van der Waals surface area contributed by atoms with Crippen LogP contribution in [-0.2, 0) is 10.2 Å². The number of fused-ring (bicyclic) bond motifs is 3. The molecular weight excluding hydrogens is 438 g/mol. The predicted octanol–water partition coefficient (Wildman–Crippen LogP) is 5.25. The first-order valence-corrected chi connectivity index (χ1v) is 12.3. The second-order valence-corrected chi connectivity index (χ2v) is 9.89. The number of hydrogen-bond donors (Lipinski definition) is 2. The Labute approximate surface area is 204 Å². The molecule has 2 aliphatic rings. The maximum absolute atomic E-state index is 12.2. The second-order valence-electron chi connectivity index (χ2n) is 9.89. The van der Waals surface area contributed by atoms with Gasteiger partial charge in [-0.05, 0) is 68.5 Å². The van der Waals surface area contributed by atoms with Crippen LogP contribution in [-0.4, -0.2) is 25.8 Å². The maximum Gasteiger partial charge on any atom is 0.220 e. The van der Waals surface area contributed by atoms with E-state index in [-0.39, 0.29) is 16.9 Å². The maximum atomic E-state index is 12.2. The minimum Gasteiger partial charge on any atom is -0.457 e. The van der Waals surface area contributed by atoms with Crippen molar-refractivity contribution < 1.29 is 9.53 Å². The summed E-state index contributed by atoms with van der Waals surface area (Å²) in [5.41, 5.74) is 8.82. The highest BCUT2D eigenvalue weighted by Gasteiger charge is 2.57. The summed E-state index contributed by atoms with van der Waals surface area (Å²) in [5.74, 6) is 3.16. The molecule has 0 spiro atoms. The van der Waals surface area contributed by atoms with Gasteiger partial charge < -0.3 is 15.8 Å². The number of imidazole rings is 1. The van der Waals surface area contributed by atoms with Gasteiger partial charge >= 0.3 is 0 Å². The number of carbonyl (C=O) groups is 1. The Bertz CT molecular complexity index is 1390. The molecule has 6 rings (SSSR count). The van der Waals surface area contributed by atoms with Gasteiger partial charge in [-0.15, -0.1) is 0 Å². The third-order valence-corrected chi connectivity index (χ3v) is 7.73. The van der Waals surface area contributed by atoms with Crippen molar-refractivity contribution in [3.63, 3.8) is 0 Å². The number of aromatic nitrogens is 3. The van der Waals surface area contributed by atoms with Gasteiger partial charge in [-0.25, -0.2) is 9.97 Å². The van der Waals surface area contributed by atoms with Crippen LogP contribution in [0.1, 0.15) is 51.3 Å². The number of nitrogens with zero attached hydrogens (tertiary/aromatic N) is 3. The Morgan fingerprint density at radius 3 is 2.49 bits per heavy atom. The zero-order valence-electron chi connectivity index (χ0n) is 19.8. The van der Waals surface area contributed by atoms with E-state index in [1.54, 1.807) is 6.20 Å². The Morgan fingerprint density at radius 1 is 1.06 bits per heavy atom. The van der Waals surface area contributed by atoms with Crippen molar-refractivity contribution in [2.24, 2.45) is 0 Å². The van der Waals surface area contributed by atoms with Gasteiger partial charge in [0.2, 0.25) is 5.91 Å². The number of amides is 1. The fourth-order valence-electron chi connectivity index (χ4n) is 6.01. The molecule has 3 N–H and O–H groups in total. The molecular formula is C28H29N5O2. The van der Waals surface area contributed by atoms with Crippen molar-refractivity contribution in [2.75, 3.05) is 5.73 Å². The topological polar surface area (TPSA) is 94.5 Å². The molecule has 1 amide bonds. The van der Waals surface area contributed by atoms with E-state index in [0.717, 1.165) is 66.2 Å². The van der Waals surface area contributed by atoms with E-state index in [4.69, 9.17) is 15.5 Å². The van der Waals surface area contributed by atoms with E-state index in [0.29, 0.717) is 12.2 Å². The highest BCUT2D eigenvalue weighted by Crippen LogP contribution is 2.57. The molecule has 0 saturated heterocycles. The van der Waals surface area contributed by atoms with Crippen LogP contribution < -0.4 is 15.8 Å². The van der Waals surface area contributed by atoms with Crippen LogP contribution in [0.5, 0.6) is 11.5 Å². The number of benzene rings is 2. The molecule has 2 saturated carbocycles. The lowest BCUT2D eigenvalue weighted by Gasteiger charge is -2.28. The number of carbonyl (C=O) groups excluding carboxylic acids is 1. The first kappa shape index (κ1) is 21.6. The smallest absolute Gasteiger partial charge is 0.220 e. The van der Waals surface area contributed by atoms with Gasteiger partial charge in [-0.2, -0.15) is 0 Å². The van der Waals surface area contributed by atoms with Crippen LogP contribution in [0.15, 0.2) is 67.0 Å². The number of hydrogen-bond acceptors (Lipinski definition) is 5. The highest BCUT2D eigenvalue weighted by atomic mass is 16.5. The van der Waals surface area contributed by atoms with Gasteiger partial charge in [-0.3, -0.25) is 9.20 Å². The van der Waals surface area contributed by atoms with E-state index < -0.39 is 0 Å². The summed E-state index contributed by atoms with van der Waals surface area (Å²) in [4.78, 5) is 21.8. The number of para-hydroxylation sites is 1. The fraction of sp³-hybridized carbons (Fsp3) is 0.321. The van der Waals surface area contributed by atoms with Crippen LogP contribution in [0.4, 0.5) is 5.82 Å². The number of ether oxygens (including phenoxy) is 1. The number of nitrogen functional groups attached to an aromatic ring is 1. The highest BCUT2D eigenvalue weighted by molar-refractivity contribution is 5.85. The molecule has 0 unspecified atom stereocenters. The number of rotatable bonds is 6. The molecule has 0 aliphatic heterocycles. The molecule has 0 radical (unpaired) electrons. The van der Waals surface area contributed by atoms with E-state index in [1.165, 1.54) is 0 Å². The Hall–Kier alpha value is -3.87. The first-order valence-electron chi connectivity index (χ1n) is 12.3. The van der Waals surface area contributed by atoms with Crippen LogP contribution in [0.2, 0.25) is 0 Å². The van der Waals surface area contributed by atoms with Gasteiger partial charge in [0.15, 0.2) is 0 Å². The van der Waals surface area contributed by atoms with E-state index in [1.807, 2.05) is 67.7 Å². The van der Waals surface area contributed by atoms with Gasteiger partial charge in [0.25, 0.3) is 0 Å². The van der Waals surface area contributed by atoms with Crippen molar-refractivity contribution in [3.05, 3.63) is 72.8 Å². The Morgan fingerprint density at radius 2 is 1.77 bits per heavy atom. The van der Waals surface area contributed by atoms with Gasteiger partial charge in [0, 0.05) is 35.3 Å². The minimum absolute atomic E-state index is 0.0770. The summed E-state index contributed by atoms with van der Waals surface area (Å²) < 4.78 is 8.08. The standard InChI is InChI=1S/C28H29N5O2/c1-2-22(34)32-28-14-12-27(18-28,13-15-28)26-31-23(24-25(29)30-16-17-33(24)26)19-8-10-21(11-9-19)35-20-6-4-3-5-7-20/h3-11,16-17H,2,12-15,18H2,1H3,(H2,29,30)(H,32,34). The zero-order valence-corrected chi connectivity index (χ0v) is 19.8. The van der Waals surface area contributed by atoms with Crippen molar-refractivity contribution >= 4 is 17.2 Å². The molecule has 2 aromatic heterocycles. The number of anilines is 1. The molecule has 35 heavy (non-hydrogen) atoms. The Kier molecular flexibility index (Phi) is 5.02.